The van der Waals surface area contributed by atoms with Crippen molar-refractivity contribution in [2.45, 2.75) is 39.2 Å². The van der Waals surface area contributed by atoms with Gasteiger partial charge in [-0.15, -0.1) is 0 Å². The number of hydrogen-bond donors (Lipinski definition) is 2. The third kappa shape index (κ3) is 3.10. The molecule has 1 fully saturated rings. The summed E-state index contributed by atoms with van der Waals surface area (Å²) < 4.78 is 0. The zero-order chi connectivity index (χ0) is 14.8. The number of aryl methyl sites for hydroxylation is 2. The molecule has 2 aromatic rings. The van der Waals surface area contributed by atoms with Crippen LogP contribution in [-0.4, -0.2) is 33.3 Å². The van der Waals surface area contributed by atoms with Crippen molar-refractivity contribution in [1.29, 1.82) is 0 Å². The largest absolute Gasteiger partial charge is 0.507 e. The van der Waals surface area contributed by atoms with Gasteiger partial charge in [-0.2, -0.15) is 5.10 Å². The Morgan fingerprint density at radius 1 is 1.33 bits per heavy atom. The molecule has 2 N–H and O–H groups in total. The molecule has 1 aromatic heterocycles. The zero-order valence-electron chi connectivity index (χ0n) is 12.8. The zero-order valence-corrected chi connectivity index (χ0v) is 12.8. The van der Waals surface area contributed by atoms with E-state index in [0.29, 0.717) is 11.7 Å². The quantitative estimate of drug-likeness (QED) is 0.911. The summed E-state index contributed by atoms with van der Waals surface area (Å²) in [4.78, 5) is 2.50. The molecule has 4 nitrogen and oxygen atoms in total. The Kier molecular flexibility index (Phi) is 3.97. The Hall–Kier alpha value is -1.81. The molecule has 0 amide bonds. The third-order valence-corrected chi connectivity index (χ3v) is 4.42. The minimum Gasteiger partial charge on any atom is -0.507 e. The molecule has 21 heavy (non-hydrogen) atoms. The van der Waals surface area contributed by atoms with Gasteiger partial charge in [-0.1, -0.05) is 12.1 Å². The van der Waals surface area contributed by atoms with Crippen LogP contribution in [0.5, 0.6) is 5.75 Å². The summed E-state index contributed by atoms with van der Waals surface area (Å²) in [6.07, 6.45) is 4.28. The molecule has 112 valence electrons. The molecule has 1 unspecified atom stereocenters. The van der Waals surface area contributed by atoms with E-state index in [-0.39, 0.29) is 0 Å². The van der Waals surface area contributed by atoms with Crippen molar-refractivity contribution in [3.05, 3.63) is 46.8 Å². The van der Waals surface area contributed by atoms with Gasteiger partial charge in [0.25, 0.3) is 0 Å². The minimum absolute atomic E-state index is 0.424. The highest BCUT2D eigenvalue weighted by molar-refractivity contribution is 5.42. The smallest absolute Gasteiger partial charge is 0.121 e. The number of aromatic amines is 1. The number of benzene rings is 1. The van der Waals surface area contributed by atoms with Crippen molar-refractivity contribution in [1.82, 2.24) is 15.1 Å². The highest BCUT2D eigenvalue weighted by Gasteiger charge is 2.22. The summed E-state index contributed by atoms with van der Waals surface area (Å²) in [7, 11) is 0. The van der Waals surface area contributed by atoms with Crippen LogP contribution < -0.4 is 0 Å². The molecule has 1 atom stereocenters. The van der Waals surface area contributed by atoms with Crippen molar-refractivity contribution < 1.29 is 5.11 Å². The molecule has 0 spiro atoms. The maximum atomic E-state index is 9.88. The normalized spacial score (nSPS) is 19.8. The number of nitrogens with zero attached hydrogens (tertiary/aromatic N) is 2. The van der Waals surface area contributed by atoms with Gasteiger partial charge >= 0.3 is 0 Å². The molecule has 1 aromatic carbocycles. The first-order valence-corrected chi connectivity index (χ1v) is 7.64. The molecular formula is C17H23N3O. The predicted molar refractivity (Wildman–Crippen MR) is 83.4 cm³/mol. The second-order valence-electron chi connectivity index (χ2n) is 6.16. The van der Waals surface area contributed by atoms with E-state index >= 15 is 0 Å². The van der Waals surface area contributed by atoms with Gasteiger partial charge in [0.15, 0.2) is 0 Å². The molecule has 0 bridgehead atoms. The lowest BCUT2D eigenvalue weighted by Crippen LogP contribution is -2.34. The molecule has 3 rings (SSSR count). The summed E-state index contributed by atoms with van der Waals surface area (Å²) in [5.74, 6) is 0.980. The molecule has 0 radical (unpaired) electrons. The van der Waals surface area contributed by atoms with Crippen molar-refractivity contribution >= 4 is 0 Å². The Morgan fingerprint density at radius 2 is 2.10 bits per heavy atom. The number of aromatic nitrogens is 2. The van der Waals surface area contributed by atoms with Gasteiger partial charge in [0.2, 0.25) is 0 Å². The standard InChI is InChI=1S/C17H23N3O/c1-12-8-14(9-13(2)17(12)21)10-20-7-3-4-15(11-20)16-5-6-18-19-16/h5-6,8-9,15,21H,3-4,7,10-11H2,1-2H3,(H,18,19). The van der Waals surface area contributed by atoms with Crippen molar-refractivity contribution in [2.75, 3.05) is 13.1 Å². The number of nitrogens with one attached hydrogen (secondary N) is 1. The molecule has 0 aliphatic carbocycles. The van der Waals surface area contributed by atoms with E-state index in [1.54, 1.807) is 0 Å². The fraction of sp³-hybridized carbons (Fsp3) is 0.471. The topological polar surface area (TPSA) is 52.2 Å². The molecule has 1 aliphatic rings. The number of piperidine rings is 1. The second kappa shape index (κ2) is 5.90. The highest BCUT2D eigenvalue weighted by Crippen LogP contribution is 2.28. The van der Waals surface area contributed by atoms with E-state index in [9.17, 15) is 5.11 Å². The van der Waals surface area contributed by atoms with Crippen molar-refractivity contribution in [3.8, 4) is 5.75 Å². The van der Waals surface area contributed by atoms with Gasteiger partial charge in [0.05, 0.1) is 0 Å². The van der Waals surface area contributed by atoms with Gasteiger partial charge in [0, 0.05) is 30.9 Å². The van der Waals surface area contributed by atoms with Crippen molar-refractivity contribution in [2.24, 2.45) is 0 Å². The average molecular weight is 285 g/mol. The van der Waals surface area contributed by atoms with Crippen LogP contribution in [0.4, 0.5) is 0 Å². The van der Waals surface area contributed by atoms with Crippen LogP contribution in [0.25, 0.3) is 0 Å². The number of rotatable bonds is 3. The van der Waals surface area contributed by atoms with E-state index in [2.05, 4.69) is 33.3 Å². The van der Waals surface area contributed by atoms with Crippen LogP contribution in [0, 0.1) is 13.8 Å². The van der Waals surface area contributed by atoms with Gasteiger partial charge in [-0.25, -0.2) is 0 Å². The lowest BCUT2D eigenvalue weighted by molar-refractivity contribution is 0.198. The summed E-state index contributed by atoms with van der Waals surface area (Å²) in [5.41, 5.74) is 4.46. The summed E-state index contributed by atoms with van der Waals surface area (Å²) >= 11 is 0. The lowest BCUT2D eigenvalue weighted by Gasteiger charge is -2.32. The van der Waals surface area contributed by atoms with Crippen LogP contribution in [-0.2, 0) is 6.54 Å². The van der Waals surface area contributed by atoms with Gasteiger partial charge in [-0.3, -0.25) is 10.00 Å². The molecule has 2 heterocycles. The first kappa shape index (κ1) is 14.1. The number of phenols is 1. The number of aromatic hydroxyl groups is 1. The maximum absolute atomic E-state index is 9.88. The number of likely N-dealkylation sites (tertiary alicyclic amines) is 1. The number of H-pyrrole nitrogens is 1. The Labute approximate surface area is 125 Å². The summed E-state index contributed by atoms with van der Waals surface area (Å²) in [5, 5.41) is 17.1. The van der Waals surface area contributed by atoms with Gasteiger partial charge in [0.1, 0.15) is 5.75 Å². The predicted octanol–water partition coefficient (Wildman–Crippen LogP) is 3.11. The van der Waals surface area contributed by atoms with E-state index in [4.69, 9.17) is 0 Å². The highest BCUT2D eigenvalue weighted by atomic mass is 16.3. The van der Waals surface area contributed by atoms with E-state index in [1.807, 2.05) is 20.0 Å². The summed E-state index contributed by atoms with van der Waals surface area (Å²) in [6.45, 7) is 7.10. The van der Waals surface area contributed by atoms with Crippen molar-refractivity contribution in [3.63, 3.8) is 0 Å². The Bertz CT molecular complexity index is 583. The van der Waals surface area contributed by atoms with E-state index in [1.165, 1.54) is 24.1 Å². The lowest BCUT2D eigenvalue weighted by atomic mass is 9.94. The first-order valence-electron chi connectivity index (χ1n) is 7.64. The fourth-order valence-corrected chi connectivity index (χ4v) is 3.34. The molecular weight excluding hydrogens is 262 g/mol. The van der Waals surface area contributed by atoms with Crippen LogP contribution in [0.15, 0.2) is 24.4 Å². The first-order chi connectivity index (χ1) is 10.1. The van der Waals surface area contributed by atoms with E-state index in [0.717, 1.165) is 30.8 Å². The monoisotopic (exact) mass is 285 g/mol. The third-order valence-electron chi connectivity index (χ3n) is 4.42. The maximum Gasteiger partial charge on any atom is 0.121 e. The Balaban J connectivity index is 1.70. The molecule has 1 aliphatic heterocycles. The second-order valence-corrected chi connectivity index (χ2v) is 6.16. The summed E-state index contributed by atoms with van der Waals surface area (Å²) in [6, 6.07) is 6.29. The molecule has 1 saturated heterocycles. The molecule has 0 saturated carbocycles. The number of phenolic OH excluding ortho intramolecular Hbond substituents is 1. The van der Waals surface area contributed by atoms with Crippen LogP contribution in [0.2, 0.25) is 0 Å². The minimum atomic E-state index is 0.424. The Morgan fingerprint density at radius 3 is 2.76 bits per heavy atom. The molecule has 4 heteroatoms. The van der Waals surface area contributed by atoms with Gasteiger partial charge in [-0.05, 0) is 56.0 Å². The van der Waals surface area contributed by atoms with Crippen LogP contribution in [0.1, 0.15) is 41.1 Å². The SMILES string of the molecule is Cc1cc(CN2CCCC(c3ccn[nH]3)C2)cc(C)c1O. The number of hydrogen-bond acceptors (Lipinski definition) is 3. The van der Waals surface area contributed by atoms with E-state index < -0.39 is 0 Å². The van der Waals surface area contributed by atoms with Gasteiger partial charge < -0.3 is 5.11 Å². The fourth-order valence-electron chi connectivity index (χ4n) is 3.34. The van der Waals surface area contributed by atoms with Crippen LogP contribution >= 0.6 is 0 Å². The van der Waals surface area contributed by atoms with Crippen LogP contribution in [0.3, 0.4) is 0 Å². The average Bonchev–Trinajstić information content (AvgIpc) is 2.99.